The van der Waals surface area contributed by atoms with Gasteiger partial charge < -0.3 is 89.7 Å². The molecular weight excluding hydrogens is 881 g/mol. The summed E-state index contributed by atoms with van der Waals surface area (Å²) in [7, 11) is 0. The Morgan fingerprint density at radius 1 is 0.687 bits per heavy atom. The zero-order valence-electron chi connectivity index (χ0n) is 39.8. The summed E-state index contributed by atoms with van der Waals surface area (Å²) in [5, 5.41) is 129. The second-order valence-corrected chi connectivity index (χ2v) is 23.5. The molecule has 25 atom stereocenters. The Hall–Kier alpha value is -1.47. The molecule has 8 aliphatic rings. The third-order valence-corrected chi connectivity index (χ3v) is 19.4. The van der Waals surface area contributed by atoms with Gasteiger partial charge in [-0.1, -0.05) is 53.2 Å². The van der Waals surface area contributed by atoms with E-state index >= 15 is 4.79 Å². The van der Waals surface area contributed by atoms with Crippen LogP contribution in [-0.4, -0.2) is 191 Å². The highest BCUT2D eigenvalue weighted by Crippen LogP contribution is 2.76. The Bertz CT molecular complexity index is 1830. The van der Waals surface area contributed by atoms with E-state index in [1.54, 1.807) is 0 Å². The van der Waals surface area contributed by atoms with Crippen LogP contribution < -0.4 is 0 Å². The van der Waals surface area contributed by atoms with Crippen LogP contribution in [0, 0.1) is 50.2 Å². The molecule has 19 heteroatoms. The molecule has 12 N–H and O–H groups in total. The average molecular weight is 959 g/mol. The van der Waals surface area contributed by atoms with Gasteiger partial charge in [0.1, 0.15) is 61.0 Å². The fourth-order valence-electron chi connectivity index (χ4n) is 14.9. The molecule has 7 fully saturated rings. The Morgan fingerprint density at radius 2 is 1.31 bits per heavy atom. The van der Waals surface area contributed by atoms with Crippen LogP contribution in [-0.2, 0) is 33.2 Å². The van der Waals surface area contributed by atoms with Crippen molar-refractivity contribution in [3.63, 3.8) is 0 Å². The summed E-state index contributed by atoms with van der Waals surface area (Å²) in [5.41, 5.74) is -2.04. The molecule has 5 aliphatic carbocycles. The van der Waals surface area contributed by atoms with Crippen LogP contribution in [0.3, 0.4) is 0 Å². The molecule has 0 spiro atoms. The van der Waals surface area contributed by atoms with Crippen molar-refractivity contribution in [1.82, 2.24) is 0 Å². The molecule has 4 saturated carbocycles. The first-order chi connectivity index (χ1) is 31.2. The van der Waals surface area contributed by atoms with Crippen molar-refractivity contribution >= 4 is 5.97 Å². The van der Waals surface area contributed by atoms with Crippen LogP contribution in [0.2, 0.25) is 0 Å². The van der Waals surface area contributed by atoms with Gasteiger partial charge in [-0.05, 0) is 104 Å². The van der Waals surface area contributed by atoms with Gasteiger partial charge in [-0.2, -0.15) is 0 Å². The van der Waals surface area contributed by atoms with Crippen LogP contribution in [0.4, 0.5) is 0 Å². The lowest BCUT2D eigenvalue weighted by atomic mass is 9.33. The number of carbonyl (C=O) groups is 1. The first-order valence-electron chi connectivity index (χ1n) is 24.4. The Morgan fingerprint density at radius 3 is 1.99 bits per heavy atom. The average Bonchev–Trinajstić information content (AvgIpc) is 3.28. The van der Waals surface area contributed by atoms with E-state index < -0.39 is 140 Å². The molecule has 8 rings (SSSR count). The van der Waals surface area contributed by atoms with E-state index in [2.05, 4.69) is 40.7 Å². The molecular formula is C48H78O19. The van der Waals surface area contributed by atoms with Crippen molar-refractivity contribution in [3.8, 4) is 0 Å². The summed E-state index contributed by atoms with van der Waals surface area (Å²) < 4.78 is 35.5. The van der Waals surface area contributed by atoms with Gasteiger partial charge in [0.05, 0.1) is 43.5 Å². The van der Waals surface area contributed by atoms with E-state index in [4.69, 9.17) is 28.4 Å². The predicted molar refractivity (Wildman–Crippen MR) is 232 cm³/mol. The monoisotopic (exact) mass is 959 g/mol. The fourth-order valence-corrected chi connectivity index (χ4v) is 14.9. The maximum Gasteiger partial charge on any atom is 0.315 e. The standard InChI is InChI=1S/C48H78O19/c1-21-29(52)32(55)36(59)40(63-21)66-37-34(57)31(54)26(19-62-39-35(58)33(56)30(53)25(18-49)64-39)65-41(37)67-42(61)48-14-12-43(2,3)16-23(48)22-8-9-28-44(4)17-24(51)38(60)45(5,20-50)27(44)10-11-47(28,7)46(22,6)13-15-48/h8,21,23-41,49-60H,9-20H2,1-7H3/t21-,23+,24-,25+,26+,27?,28+,29-,30+,31+,32+,33-,34-,35+,36+,37+,38-,39+,40-,41-,44-,45-,46+,47+,48-/m0/s1. The minimum Gasteiger partial charge on any atom is -0.432 e. The lowest BCUT2D eigenvalue weighted by molar-refractivity contribution is -0.366. The quantitative estimate of drug-likeness (QED) is 0.0986. The maximum absolute atomic E-state index is 15.4. The highest BCUT2D eigenvalue weighted by molar-refractivity contribution is 5.79. The fraction of sp³-hybridized carbons (Fsp3) is 0.938. The smallest absolute Gasteiger partial charge is 0.315 e. The summed E-state index contributed by atoms with van der Waals surface area (Å²) >= 11 is 0. The van der Waals surface area contributed by atoms with Crippen LogP contribution in [0.25, 0.3) is 0 Å². The SMILES string of the molecule is C[C@@H]1O[C@@H](O[C@H]2[C@H](OC(=O)[C@]34CCC(C)(C)C[C@@H]3C3=CC[C@@H]5[C@@]6(C)C[C@H](O)[C@H](O)[C@@](C)(CO)C6CC[C@@]5(C)[C@]3(C)CC4)O[C@H](CO[C@@H]3O[C@H](CO)[C@@H](O)[C@H](O)[C@H]3O)[C@@H](O)[C@@H]2O)[C@H](O)[C@H](O)[C@H]1O. The highest BCUT2D eigenvalue weighted by Gasteiger charge is 2.71. The normalized spacial score (nSPS) is 55.2. The molecule has 0 amide bonds. The van der Waals surface area contributed by atoms with Crippen molar-refractivity contribution < 1.29 is 94.5 Å². The lowest BCUT2D eigenvalue weighted by Crippen LogP contribution is -2.68. The van der Waals surface area contributed by atoms with Crippen molar-refractivity contribution in [1.29, 1.82) is 0 Å². The number of aliphatic hydroxyl groups excluding tert-OH is 12. The van der Waals surface area contributed by atoms with Gasteiger partial charge in [0, 0.05) is 5.41 Å². The predicted octanol–water partition coefficient (Wildman–Crippen LogP) is -0.889. The molecule has 67 heavy (non-hydrogen) atoms. The molecule has 0 radical (unpaired) electrons. The number of hydrogen-bond acceptors (Lipinski definition) is 19. The molecule has 1 unspecified atom stereocenters. The van der Waals surface area contributed by atoms with Gasteiger partial charge >= 0.3 is 5.97 Å². The molecule has 3 saturated heterocycles. The van der Waals surface area contributed by atoms with Crippen molar-refractivity contribution in [2.24, 2.45) is 50.2 Å². The Balaban J connectivity index is 1.10. The molecule has 3 aliphatic heterocycles. The van der Waals surface area contributed by atoms with Crippen LogP contribution >= 0.6 is 0 Å². The Kier molecular flexibility index (Phi) is 14.1. The largest absolute Gasteiger partial charge is 0.432 e. The molecule has 3 heterocycles. The molecule has 0 aromatic carbocycles. The summed E-state index contributed by atoms with van der Waals surface area (Å²) in [5.74, 6) is -0.863. The van der Waals surface area contributed by atoms with Crippen molar-refractivity contribution in [2.45, 2.75) is 211 Å². The van der Waals surface area contributed by atoms with Crippen LogP contribution in [0.15, 0.2) is 11.6 Å². The number of esters is 1. The summed E-state index contributed by atoms with van der Waals surface area (Å²) in [6.07, 6.45) is -19.0. The first kappa shape index (κ1) is 51.9. The van der Waals surface area contributed by atoms with Gasteiger partial charge in [0.25, 0.3) is 0 Å². The van der Waals surface area contributed by atoms with E-state index in [-0.39, 0.29) is 40.6 Å². The van der Waals surface area contributed by atoms with Gasteiger partial charge in [-0.25, -0.2) is 0 Å². The second-order valence-electron chi connectivity index (χ2n) is 23.5. The summed E-state index contributed by atoms with van der Waals surface area (Å²) in [4.78, 5) is 15.4. The number of rotatable bonds is 9. The van der Waals surface area contributed by atoms with E-state index in [0.29, 0.717) is 44.9 Å². The minimum atomic E-state index is -1.92. The zero-order valence-corrected chi connectivity index (χ0v) is 39.8. The number of fused-ring (bicyclic) bond motifs is 7. The maximum atomic E-state index is 15.4. The van der Waals surface area contributed by atoms with E-state index in [1.165, 1.54) is 12.5 Å². The topological polar surface area (TPSA) is 315 Å². The number of carbonyl (C=O) groups excluding carboxylic acids is 1. The number of aliphatic hydroxyl groups is 12. The van der Waals surface area contributed by atoms with Crippen molar-refractivity contribution in [3.05, 3.63) is 11.6 Å². The molecule has 384 valence electrons. The zero-order chi connectivity index (χ0) is 49.1. The second kappa shape index (κ2) is 18.2. The first-order valence-corrected chi connectivity index (χ1v) is 24.4. The highest BCUT2D eigenvalue weighted by atomic mass is 16.8. The number of hydrogen-bond donors (Lipinski definition) is 12. The van der Waals surface area contributed by atoms with E-state index in [0.717, 1.165) is 12.8 Å². The van der Waals surface area contributed by atoms with Gasteiger partial charge in [0.2, 0.25) is 6.29 Å². The molecule has 0 aromatic heterocycles. The third kappa shape index (κ3) is 8.10. The van der Waals surface area contributed by atoms with E-state index in [9.17, 15) is 61.3 Å². The Labute approximate surface area is 392 Å². The lowest BCUT2D eigenvalue weighted by Gasteiger charge is -2.71. The van der Waals surface area contributed by atoms with E-state index in [1.807, 2.05) is 6.92 Å². The number of allylic oxidation sites excluding steroid dienone is 2. The van der Waals surface area contributed by atoms with Gasteiger partial charge in [-0.3, -0.25) is 4.79 Å². The van der Waals surface area contributed by atoms with Crippen LogP contribution in [0.5, 0.6) is 0 Å². The van der Waals surface area contributed by atoms with Crippen molar-refractivity contribution in [2.75, 3.05) is 19.8 Å². The summed E-state index contributed by atoms with van der Waals surface area (Å²) in [6, 6.07) is 0. The molecule has 0 aromatic rings. The number of ether oxygens (including phenoxy) is 6. The minimum absolute atomic E-state index is 0.0334. The molecule has 19 nitrogen and oxygen atoms in total. The third-order valence-electron chi connectivity index (χ3n) is 19.4. The van der Waals surface area contributed by atoms with Gasteiger partial charge in [-0.15, -0.1) is 0 Å². The van der Waals surface area contributed by atoms with Crippen LogP contribution in [0.1, 0.15) is 106 Å². The molecule has 0 bridgehead atoms. The summed E-state index contributed by atoms with van der Waals surface area (Å²) in [6.45, 7) is 13.0. The van der Waals surface area contributed by atoms with Gasteiger partial charge in [0.15, 0.2) is 18.7 Å².